The van der Waals surface area contributed by atoms with Crippen LogP contribution < -0.4 is 10.5 Å². The zero-order valence-corrected chi connectivity index (χ0v) is 8.06. The molecule has 0 radical (unpaired) electrons. The molecule has 1 rings (SSSR count). The minimum absolute atomic E-state index is 0.566. The van der Waals surface area contributed by atoms with E-state index in [1.165, 1.54) is 0 Å². The van der Waals surface area contributed by atoms with Crippen LogP contribution in [0.15, 0.2) is 24.3 Å². The van der Waals surface area contributed by atoms with Gasteiger partial charge in [-0.15, -0.1) is 0 Å². The van der Waals surface area contributed by atoms with Crippen LogP contribution in [0, 0.1) is 0 Å². The minimum Gasteiger partial charge on any atom is -0.496 e. The minimum atomic E-state index is -1.40. The Hall–Kier alpha value is -0.440. The number of nitrogens with two attached hydrogens (primary N) is 1. The monoisotopic (exact) mass is 205 g/mol. The fourth-order valence-electron chi connectivity index (χ4n) is 0.920. The van der Waals surface area contributed by atoms with Gasteiger partial charge in [-0.25, -0.2) is 0 Å². The van der Waals surface area contributed by atoms with Crippen molar-refractivity contribution in [2.45, 2.75) is 4.46 Å². The highest BCUT2D eigenvalue weighted by Crippen LogP contribution is 2.33. The molecule has 2 N–H and O–H groups in total. The fraction of sp³-hybridized carbons (Fsp3) is 0.250. The first kappa shape index (κ1) is 9.65. The van der Waals surface area contributed by atoms with Gasteiger partial charge in [0.05, 0.1) is 7.11 Å². The predicted octanol–water partition coefficient (Wildman–Crippen LogP) is 2.24. The van der Waals surface area contributed by atoms with E-state index in [9.17, 15) is 0 Å². The van der Waals surface area contributed by atoms with Crippen LogP contribution in [0.3, 0.4) is 0 Å². The molecule has 0 aromatic heterocycles. The van der Waals surface area contributed by atoms with Crippen LogP contribution in [0.25, 0.3) is 0 Å². The first-order valence-corrected chi connectivity index (χ1v) is 4.11. The smallest absolute Gasteiger partial charge is 0.195 e. The maximum Gasteiger partial charge on any atom is 0.195 e. The average Bonchev–Trinajstić information content (AvgIpc) is 2.03. The quantitative estimate of drug-likeness (QED) is 0.594. The van der Waals surface area contributed by atoms with E-state index in [2.05, 4.69) is 0 Å². The summed E-state index contributed by atoms with van der Waals surface area (Å²) in [5.74, 6) is 0.588. The molecule has 0 bridgehead atoms. The van der Waals surface area contributed by atoms with Crippen LogP contribution in [-0.2, 0) is 4.46 Å². The average molecular weight is 206 g/mol. The Balaban J connectivity index is 3.14. The highest BCUT2D eigenvalue weighted by atomic mass is 35.5. The second-order valence-corrected chi connectivity index (χ2v) is 3.71. The second-order valence-electron chi connectivity index (χ2n) is 2.32. The van der Waals surface area contributed by atoms with Crippen molar-refractivity contribution in [1.82, 2.24) is 0 Å². The third-order valence-electron chi connectivity index (χ3n) is 1.47. The number of para-hydroxylation sites is 1. The van der Waals surface area contributed by atoms with Crippen molar-refractivity contribution in [3.05, 3.63) is 29.8 Å². The number of rotatable bonds is 2. The lowest BCUT2D eigenvalue weighted by molar-refractivity contribution is 0.408. The van der Waals surface area contributed by atoms with Gasteiger partial charge in [0.25, 0.3) is 0 Å². The summed E-state index contributed by atoms with van der Waals surface area (Å²) in [6, 6.07) is 7.09. The Bertz CT molecular complexity index is 270. The number of alkyl halides is 2. The largest absolute Gasteiger partial charge is 0.496 e. The second kappa shape index (κ2) is 3.52. The lowest BCUT2D eigenvalue weighted by Gasteiger charge is -2.16. The molecule has 0 unspecified atom stereocenters. The number of ether oxygens (including phenoxy) is 1. The molecule has 2 nitrogen and oxygen atoms in total. The maximum absolute atomic E-state index is 5.71. The SMILES string of the molecule is COc1ccccc1C(N)(Cl)Cl. The van der Waals surface area contributed by atoms with E-state index in [1.54, 1.807) is 25.3 Å². The molecule has 0 amide bonds. The number of halogens is 2. The first-order chi connectivity index (χ1) is 5.55. The van der Waals surface area contributed by atoms with Crippen molar-refractivity contribution in [3.8, 4) is 5.75 Å². The molecule has 0 saturated heterocycles. The van der Waals surface area contributed by atoms with Gasteiger partial charge < -0.3 is 4.74 Å². The molecule has 66 valence electrons. The van der Waals surface area contributed by atoms with Crippen molar-refractivity contribution < 1.29 is 4.74 Å². The molecule has 0 aliphatic heterocycles. The van der Waals surface area contributed by atoms with Crippen molar-refractivity contribution >= 4 is 23.2 Å². The van der Waals surface area contributed by atoms with Crippen LogP contribution in [0.2, 0.25) is 0 Å². The van der Waals surface area contributed by atoms with Crippen molar-refractivity contribution in [1.29, 1.82) is 0 Å². The van der Waals surface area contributed by atoms with E-state index < -0.39 is 4.46 Å². The standard InChI is InChI=1S/C8H9Cl2NO/c1-12-7-5-3-2-4-6(7)8(9,10)11/h2-5H,11H2,1H3. The molecule has 0 atom stereocenters. The maximum atomic E-state index is 5.71. The van der Waals surface area contributed by atoms with Gasteiger partial charge in [-0.2, -0.15) is 0 Å². The molecule has 1 aromatic rings. The Morgan fingerprint density at radius 2 is 1.92 bits per heavy atom. The van der Waals surface area contributed by atoms with E-state index in [0.29, 0.717) is 11.3 Å². The number of hydrogen-bond acceptors (Lipinski definition) is 2. The lowest BCUT2D eigenvalue weighted by Crippen LogP contribution is -2.22. The highest BCUT2D eigenvalue weighted by molar-refractivity contribution is 6.47. The summed E-state index contributed by atoms with van der Waals surface area (Å²) in [6.07, 6.45) is 0. The Labute approximate surface area is 81.2 Å². The topological polar surface area (TPSA) is 35.2 Å². The van der Waals surface area contributed by atoms with E-state index in [4.69, 9.17) is 33.7 Å². The van der Waals surface area contributed by atoms with Crippen molar-refractivity contribution in [3.63, 3.8) is 0 Å². The molecule has 1 aromatic carbocycles. The summed E-state index contributed by atoms with van der Waals surface area (Å²) in [4.78, 5) is 0. The summed E-state index contributed by atoms with van der Waals surface area (Å²) in [5.41, 5.74) is 6.05. The summed E-state index contributed by atoms with van der Waals surface area (Å²) in [7, 11) is 1.54. The molecule has 4 heteroatoms. The van der Waals surface area contributed by atoms with E-state index in [1.807, 2.05) is 6.07 Å². The molecule has 0 heterocycles. The van der Waals surface area contributed by atoms with Crippen LogP contribution in [-0.4, -0.2) is 7.11 Å². The molecule has 12 heavy (non-hydrogen) atoms. The molecular weight excluding hydrogens is 197 g/mol. The van der Waals surface area contributed by atoms with E-state index in [-0.39, 0.29) is 0 Å². The third-order valence-corrected chi connectivity index (χ3v) is 1.87. The molecule has 0 aliphatic rings. The predicted molar refractivity (Wildman–Crippen MR) is 50.6 cm³/mol. The zero-order chi connectivity index (χ0) is 9.19. The van der Waals surface area contributed by atoms with Crippen molar-refractivity contribution in [2.24, 2.45) is 5.73 Å². The van der Waals surface area contributed by atoms with Crippen LogP contribution in [0.1, 0.15) is 5.56 Å². The Morgan fingerprint density at radius 3 is 2.33 bits per heavy atom. The zero-order valence-electron chi connectivity index (χ0n) is 6.55. The Morgan fingerprint density at radius 1 is 1.33 bits per heavy atom. The van der Waals surface area contributed by atoms with Gasteiger partial charge in [0, 0.05) is 5.56 Å². The van der Waals surface area contributed by atoms with Crippen LogP contribution in [0.5, 0.6) is 5.75 Å². The Kier molecular flexibility index (Phi) is 2.83. The molecule has 0 saturated carbocycles. The molecule has 0 fully saturated rings. The summed E-state index contributed by atoms with van der Waals surface area (Å²) >= 11 is 11.4. The van der Waals surface area contributed by atoms with E-state index >= 15 is 0 Å². The van der Waals surface area contributed by atoms with Crippen LogP contribution >= 0.6 is 23.2 Å². The van der Waals surface area contributed by atoms with Crippen LogP contribution in [0.4, 0.5) is 0 Å². The summed E-state index contributed by atoms with van der Waals surface area (Å²) in [5, 5.41) is 0. The number of methoxy groups -OCH3 is 1. The first-order valence-electron chi connectivity index (χ1n) is 3.36. The van der Waals surface area contributed by atoms with Gasteiger partial charge in [-0.1, -0.05) is 41.4 Å². The summed E-state index contributed by atoms with van der Waals surface area (Å²) in [6.45, 7) is 0. The van der Waals surface area contributed by atoms with Crippen molar-refractivity contribution in [2.75, 3.05) is 7.11 Å². The van der Waals surface area contributed by atoms with Gasteiger partial charge in [0.15, 0.2) is 4.46 Å². The third kappa shape index (κ3) is 2.03. The van der Waals surface area contributed by atoms with Gasteiger partial charge in [0.1, 0.15) is 5.75 Å². The van der Waals surface area contributed by atoms with E-state index in [0.717, 1.165) is 0 Å². The van der Waals surface area contributed by atoms with Gasteiger partial charge in [-0.05, 0) is 6.07 Å². The molecular formula is C8H9Cl2NO. The normalized spacial score (nSPS) is 11.3. The van der Waals surface area contributed by atoms with Gasteiger partial charge in [-0.3, -0.25) is 5.73 Å². The molecule has 0 spiro atoms. The lowest BCUT2D eigenvalue weighted by atomic mass is 10.2. The van der Waals surface area contributed by atoms with Gasteiger partial charge in [0.2, 0.25) is 0 Å². The molecule has 0 aliphatic carbocycles. The number of benzene rings is 1. The number of hydrogen-bond donors (Lipinski definition) is 1. The summed E-state index contributed by atoms with van der Waals surface area (Å²) < 4.78 is 3.63. The van der Waals surface area contributed by atoms with Gasteiger partial charge >= 0.3 is 0 Å². The fourth-order valence-corrected chi connectivity index (χ4v) is 1.23. The highest BCUT2D eigenvalue weighted by Gasteiger charge is 2.23.